The van der Waals surface area contributed by atoms with E-state index in [-0.39, 0.29) is 16.2 Å². The summed E-state index contributed by atoms with van der Waals surface area (Å²) < 4.78 is 12.8. The van der Waals surface area contributed by atoms with E-state index in [9.17, 15) is 9.59 Å². The van der Waals surface area contributed by atoms with Gasteiger partial charge in [0.15, 0.2) is 11.5 Å². The smallest absolute Gasteiger partial charge is 0.295 e. The number of rotatable bonds is 7. The topological polar surface area (TPSA) is 82.8 Å². The molecule has 0 fully saturated rings. The fourth-order valence-corrected chi connectivity index (χ4v) is 3.47. The molecule has 0 amide bonds. The van der Waals surface area contributed by atoms with Crippen LogP contribution in [0, 0.1) is 6.92 Å². The number of benzene rings is 1. The molecule has 0 unspecified atom stereocenters. The van der Waals surface area contributed by atoms with Gasteiger partial charge in [-0.05, 0) is 37.1 Å². The molecule has 0 atom stereocenters. The molecular weight excluding hydrogens is 366 g/mol. The number of methoxy groups -OCH3 is 1. The molecule has 0 spiro atoms. The maximum atomic E-state index is 12.5. The van der Waals surface area contributed by atoms with E-state index in [0.717, 1.165) is 40.7 Å². The van der Waals surface area contributed by atoms with Crippen molar-refractivity contribution >= 4 is 22.4 Å². The highest BCUT2D eigenvalue weighted by atomic mass is 32.1. The highest BCUT2D eigenvalue weighted by Gasteiger charge is 2.09. The van der Waals surface area contributed by atoms with Crippen LogP contribution in [0.4, 0.5) is 0 Å². The lowest BCUT2D eigenvalue weighted by molar-refractivity contribution is 0.286. The summed E-state index contributed by atoms with van der Waals surface area (Å²) in [6.07, 6.45) is 4.98. The minimum Gasteiger partial charge on any atom is -0.493 e. The lowest BCUT2D eigenvalue weighted by Crippen LogP contribution is -2.27. The number of fused-ring (bicyclic) bond motifs is 1. The van der Waals surface area contributed by atoms with Crippen LogP contribution in [-0.4, -0.2) is 28.3 Å². The van der Waals surface area contributed by atoms with Gasteiger partial charge in [0.05, 0.1) is 18.2 Å². The fraction of sp³-hybridized carbons (Fsp3) is 0.368. The van der Waals surface area contributed by atoms with E-state index >= 15 is 0 Å². The Morgan fingerprint density at radius 3 is 2.78 bits per heavy atom. The Balaban J connectivity index is 1.95. The summed E-state index contributed by atoms with van der Waals surface area (Å²) in [7, 11) is 1.58. The Hall–Kier alpha value is -2.74. The largest absolute Gasteiger partial charge is 0.493 e. The van der Waals surface area contributed by atoms with E-state index in [1.54, 1.807) is 13.2 Å². The second-order valence-corrected chi connectivity index (χ2v) is 7.09. The molecule has 0 radical (unpaired) electrons. The van der Waals surface area contributed by atoms with Crippen LogP contribution in [0.1, 0.15) is 37.4 Å². The summed E-state index contributed by atoms with van der Waals surface area (Å²) in [6.45, 7) is 4.32. The average Bonchev–Trinajstić information content (AvgIpc) is 2.95. The van der Waals surface area contributed by atoms with Crippen molar-refractivity contribution in [3.8, 4) is 11.5 Å². The summed E-state index contributed by atoms with van der Waals surface area (Å²) in [5.74, 6) is 1.28. The summed E-state index contributed by atoms with van der Waals surface area (Å²) in [5, 5.41) is 4.01. The number of hydrogen-bond donors (Lipinski definition) is 0. The molecule has 0 N–H and O–H groups in total. The van der Waals surface area contributed by atoms with Gasteiger partial charge in [-0.1, -0.05) is 37.2 Å². The number of hydrogen-bond acceptors (Lipinski definition) is 7. The monoisotopic (exact) mass is 387 g/mol. The maximum Gasteiger partial charge on any atom is 0.295 e. The van der Waals surface area contributed by atoms with Crippen molar-refractivity contribution in [2.24, 2.45) is 0 Å². The minimum atomic E-state index is -0.422. The molecule has 2 heterocycles. The van der Waals surface area contributed by atoms with E-state index in [4.69, 9.17) is 9.47 Å². The number of aryl methyl sites for hydroxylation is 1. The lowest BCUT2D eigenvalue weighted by Gasteiger charge is -2.11. The first-order chi connectivity index (χ1) is 13.0. The van der Waals surface area contributed by atoms with Gasteiger partial charge in [0.1, 0.15) is 5.69 Å². The Labute approximate surface area is 159 Å². The maximum absolute atomic E-state index is 12.5. The SMILES string of the molecule is CCCCCOc1ccc(C=c2sc3nc(=O)c(C)nn3c2=O)cc1OC. The minimum absolute atomic E-state index is 0.195. The van der Waals surface area contributed by atoms with Gasteiger partial charge in [0, 0.05) is 0 Å². The number of nitrogens with zero attached hydrogens (tertiary/aromatic N) is 3. The Kier molecular flexibility index (Phi) is 5.85. The van der Waals surface area contributed by atoms with Crippen molar-refractivity contribution < 1.29 is 9.47 Å². The summed E-state index contributed by atoms with van der Waals surface area (Å²) >= 11 is 1.13. The Morgan fingerprint density at radius 1 is 1.22 bits per heavy atom. The molecule has 1 aromatic carbocycles. The van der Waals surface area contributed by atoms with Crippen LogP contribution in [0.3, 0.4) is 0 Å². The van der Waals surface area contributed by atoms with E-state index in [0.29, 0.717) is 22.6 Å². The van der Waals surface area contributed by atoms with Crippen molar-refractivity contribution in [3.05, 3.63) is 54.7 Å². The molecule has 3 aromatic rings. The van der Waals surface area contributed by atoms with E-state index in [1.807, 2.05) is 18.2 Å². The molecule has 3 rings (SSSR count). The average molecular weight is 387 g/mol. The third kappa shape index (κ3) is 4.16. The lowest BCUT2D eigenvalue weighted by atomic mass is 10.2. The van der Waals surface area contributed by atoms with Crippen LogP contribution < -0.4 is 25.1 Å². The predicted molar refractivity (Wildman–Crippen MR) is 105 cm³/mol. The molecule has 0 bridgehead atoms. The molecular formula is C19H21N3O4S. The molecule has 7 nitrogen and oxygen atoms in total. The van der Waals surface area contributed by atoms with Crippen molar-refractivity contribution in [3.63, 3.8) is 0 Å². The summed E-state index contributed by atoms with van der Waals surface area (Å²) in [4.78, 5) is 28.3. The van der Waals surface area contributed by atoms with Crippen LogP contribution in [-0.2, 0) is 0 Å². The molecule has 2 aromatic heterocycles. The first-order valence-electron chi connectivity index (χ1n) is 8.76. The second kappa shape index (κ2) is 8.30. The Morgan fingerprint density at radius 2 is 2.04 bits per heavy atom. The third-order valence-corrected chi connectivity index (χ3v) is 4.99. The molecule has 0 saturated carbocycles. The zero-order chi connectivity index (χ0) is 19.4. The number of ether oxygens (including phenoxy) is 2. The zero-order valence-electron chi connectivity index (χ0n) is 15.5. The van der Waals surface area contributed by atoms with Gasteiger partial charge in [0.25, 0.3) is 11.1 Å². The molecule has 8 heteroatoms. The highest BCUT2D eigenvalue weighted by molar-refractivity contribution is 7.15. The first kappa shape index (κ1) is 19.0. The van der Waals surface area contributed by atoms with Gasteiger partial charge in [-0.3, -0.25) is 9.59 Å². The molecule has 0 aliphatic heterocycles. The second-order valence-electron chi connectivity index (χ2n) is 6.08. The fourth-order valence-electron chi connectivity index (χ4n) is 2.57. The normalized spacial score (nSPS) is 11.9. The molecule has 0 aliphatic rings. The van der Waals surface area contributed by atoms with Crippen molar-refractivity contribution in [2.75, 3.05) is 13.7 Å². The van der Waals surface area contributed by atoms with Crippen molar-refractivity contribution in [2.45, 2.75) is 33.1 Å². The van der Waals surface area contributed by atoms with Crippen molar-refractivity contribution in [1.29, 1.82) is 0 Å². The van der Waals surface area contributed by atoms with Gasteiger partial charge in [-0.25, -0.2) is 0 Å². The van der Waals surface area contributed by atoms with Crippen LogP contribution in [0.15, 0.2) is 27.8 Å². The molecule has 0 saturated heterocycles. The first-order valence-corrected chi connectivity index (χ1v) is 9.58. The number of thiazole rings is 1. The summed E-state index contributed by atoms with van der Waals surface area (Å²) in [5.41, 5.74) is 0.259. The Bertz CT molecular complexity index is 1120. The van der Waals surface area contributed by atoms with Gasteiger partial charge < -0.3 is 9.47 Å². The van der Waals surface area contributed by atoms with Gasteiger partial charge >= 0.3 is 0 Å². The van der Waals surface area contributed by atoms with Crippen LogP contribution in [0.25, 0.3) is 11.0 Å². The molecule has 142 valence electrons. The van der Waals surface area contributed by atoms with E-state index in [2.05, 4.69) is 17.0 Å². The van der Waals surface area contributed by atoms with Crippen molar-refractivity contribution in [1.82, 2.24) is 14.6 Å². The van der Waals surface area contributed by atoms with E-state index in [1.165, 1.54) is 6.92 Å². The quantitative estimate of drug-likeness (QED) is 0.576. The number of unbranched alkanes of at least 4 members (excludes halogenated alkanes) is 2. The van der Waals surface area contributed by atoms with Crippen LogP contribution in [0.5, 0.6) is 11.5 Å². The van der Waals surface area contributed by atoms with Crippen LogP contribution in [0.2, 0.25) is 0 Å². The molecule has 27 heavy (non-hydrogen) atoms. The van der Waals surface area contributed by atoms with Gasteiger partial charge in [-0.2, -0.15) is 14.6 Å². The van der Waals surface area contributed by atoms with Crippen LogP contribution >= 0.6 is 11.3 Å². The molecule has 0 aliphatic carbocycles. The van der Waals surface area contributed by atoms with Gasteiger partial charge in [0.2, 0.25) is 4.96 Å². The van der Waals surface area contributed by atoms with Gasteiger partial charge in [-0.15, -0.1) is 0 Å². The number of aromatic nitrogens is 3. The zero-order valence-corrected chi connectivity index (χ0v) is 16.3. The van der Waals surface area contributed by atoms with E-state index < -0.39 is 5.56 Å². The summed E-state index contributed by atoms with van der Waals surface area (Å²) in [6, 6.07) is 5.50. The third-order valence-electron chi connectivity index (χ3n) is 4.03. The highest BCUT2D eigenvalue weighted by Crippen LogP contribution is 2.28. The predicted octanol–water partition coefficient (Wildman–Crippen LogP) is 1.94. The standard InChI is InChI=1S/C19H21N3O4S/c1-4-5-6-9-26-14-8-7-13(10-15(14)25-3)11-16-18(24)22-19(27-16)20-17(23)12(2)21-22/h7-8,10-11H,4-6,9H2,1-3H3.